The average Bonchev–Trinajstić information content (AvgIpc) is 2.78. The maximum absolute atomic E-state index is 6.21. The van der Waals surface area contributed by atoms with Gasteiger partial charge in [0.05, 0.1) is 5.69 Å². The number of thiazole rings is 1. The number of nitrogens with zero attached hydrogens (tertiary/aromatic N) is 2. The van der Waals surface area contributed by atoms with Gasteiger partial charge in [-0.05, 0) is 20.8 Å². The molecule has 2 heterocycles. The second-order valence-electron chi connectivity index (χ2n) is 4.84. The fourth-order valence-electron chi connectivity index (χ4n) is 1.96. The van der Waals surface area contributed by atoms with Crippen LogP contribution in [0.3, 0.4) is 0 Å². The molecule has 2 atom stereocenters. The Kier molecular flexibility index (Phi) is 4.27. The van der Waals surface area contributed by atoms with Gasteiger partial charge in [0.25, 0.3) is 0 Å². The van der Waals surface area contributed by atoms with Crippen molar-refractivity contribution in [3.05, 3.63) is 21.9 Å². The van der Waals surface area contributed by atoms with E-state index in [1.165, 1.54) is 5.69 Å². The van der Waals surface area contributed by atoms with E-state index >= 15 is 0 Å². The minimum atomic E-state index is 0.163. The summed E-state index contributed by atoms with van der Waals surface area (Å²) in [5.41, 5.74) is 8.00. The van der Waals surface area contributed by atoms with E-state index in [1.54, 1.807) is 11.3 Å². The Morgan fingerprint density at radius 1 is 1.56 bits per heavy atom. The zero-order valence-electron chi connectivity index (χ0n) is 10.9. The lowest BCUT2D eigenvalue weighted by Gasteiger charge is -2.15. The van der Waals surface area contributed by atoms with Crippen LogP contribution >= 0.6 is 22.9 Å². The molecular weight excluding hydrogens is 268 g/mol. The predicted molar refractivity (Wildman–Crippen MR) is 77.6 cm³/mol. The van der Waals surface area contributed by atoms with Crippen molar-refractivity contribution in [2.75, 3.05) is 6.54 Å². The summed E-state index contributed by atoms with van der Waals surface area (Å²) in [5, 5.41) is 6.11. The largest absolute Gasteiger partial charge is 0.327 e. The van der Waals surface area contributed by atoms with E-state index in [9.17, 15) is 0 Å². The number of aryl methyl sites for hydroxylation is 1. The molecule has 0 aliphatic carbocycles. The molecule has 0 fully saturated rings. The lowest BCUT2D eigenvalue weighted by molar-refractivity contribution is 0.510. The van der Waals surface area contributed by atoms with Crippen LogP contribution in [-0.4, -0.2) is 28.0 Å². The smallest absolute Gasteiger partial charge is 0.195 e. The molecule has 2 unspecified atom stereocenters. The fraction of sp³-hybridized carbons (Fsp3) is 0.583. The molecule has 6 heteroatoms. The van der Waals surface area contributed by atoms with E-state index in [0.29, 0.717) is 11.2 Å². The molecule has 4 nitrogen and oxygen atoms in total. The second-order valence-corrected chi connectivity index (χ2v) is 6.03. The summed E-state index contributed by atoms with van der Waals surface area (Å²) < 4.78 is 2.14. The van der Waals surface area contributed by atoms with Gasteiger partial charge in [-0.25, -0.2) is 4.98 Å². The number of fused-ring (bicyclic) bond motifs is 1. The fourth-order valence-corrected chi connectivity index (χ4v) is 3.14. The molecule has 2 aromatic heterocycles. The average molecular weight is 287 g/mol. The van der Waals surface area contributed by atoms with Crippen molar-refractivity contribution in [1.82, 2.24) is 14.7 Å². The SMILES string of the molecule is Cc1csc2nc(Cl)c(CC(C)NCC(C)N)n12. The van der Waals surface area contributed by atoms with Crippen LogP contribution in [0.4, 0.5) is 0 Å². The summed E-state index contributed by atoms with van der Waals surface area (Å²) in [7, 11) is 0. The summed E-state index contributed by atoms with van der Waals surface area (Å²) in [6.07, 6.45) is 0.851. The van der Waals surface area contributed by atoms with E-state index in [-0.39, 0.29) is 6.04 Å². The van der Waals surface area contributed by atoms with E-state index in [1.807, 2.05) is 6.92 Å². The highest BCUT2D eigenvalue weighted by Gasteiger charge is 2.16. The molecule has 18 heavy (non-hydrogen) atoms. The Bertz CT molecular complexity index is 531. The maximum atomic E-state index is 6.21. The first kappa shape index (κ1) is 13.8. The molecule has 0 saturated heterocycles. The molecule has 2 rings (SSSR count). The van der Waals surface area contributed by atoms with Crippen LogP contribution in [0.25, 0.3) is 4.96 Å². The number of imidazole rings is 1. The van der Waals surface area contributed by atoms with Crippen LogP contribution in [0, 0.1) is 6.92 Å². The maximum Gasteiger partial charge on any atom is 0.195 e. The first-order valence-electron chi connectivity index (χ1n) is 6.09. The Labute approximate surface area is 116 Å². The normalized spacial score (nSPS) is 15.2. The van der Waals surface area contributed by atoms with Crippen molar-refractivity contribution in [2.24, 2.45) is 5.73 Å². The zero-order chi connectivity index (χ0) is 13.3. The molecule has 0 aromatic carbocycles. The Hall–Kier alpha value is -0.620. The summed E-state index contributed by atoms with van der Waals surface area (Å²) in [6, 6.07) is 0.490. The number of nitrogens with two attached hydrogens (primary N) is 1. The van der Waals surface area contributed by atoms with Gasteiger partial charge in [-0.3, -0.25) is 4.40 Å². The number of rotatable bonds is 5. The summed E-state index contributed by atoms with van der Waals surface area (Å²) in [4.78, 5) is 5.34. The third-order valence-corrected chi connectivity index (χ3v) is 4.11. The highest BCUT2D eigenvalue weighted by molar-refractivity contribution is 7.15. The highest BCUT2D eigenvalue weighted by Crippen LogP contribution is 2.24. The molecule has 2 aromatic rings. The monoisotopic (exact) mass is 286 g/mol. The van der Waals surface area contributed by atoms with Gasteiger partial charge in [0.1, 0.15) is 0 Å². The van der Waals surface area contributed by atoms with Crippen LogP contribution in [0.1, 0.15) is 25.2 Å². The summed E-state index contributed by atoms with van der Waals surface area (Å²) in [5.74, 6) is 0. The van der Waals surface area contributed by atoms with Crippen molar-refractivity contribution in [1.29, 1.82) is 0 Å². The van der Waals surface area contributed by atoms with Gasteiger partial charge < -0.3 is 11.1 Å². The highest BCUT2D eigenvalue weighted by atomic mass is 35.5. The van der Waals surface area contributed by atoms with Crippen molar-refractivity contribution >= 4 is 27.9 Å². The molecule has 0 bridgehead atoms. The van der Waals surface area contributed by atoms with Crippen LogP contribution < -0.4 is 11.1 Å². The molecule has 0 aliphatic rings. The molecular formula is C12H19ClN4S. The van der Waals surface area contributed by atoms with Gasteiger partial charge in [-0.15, -0.1) is 11.3 Å². The van der Waals surface area contributed by atoms with E-state index in [0.717, 1.165) is 23.6 Å². The Morgan fingerprint density at radius 3 is 2.94 bits per heavy atom. The van der Waals surface area contributed by atoms with Crippen molar-refractivity contribution in [2.45, 2.75) is 39.3 Å². The van der Waals surface area contributed by atoms with Gasteiger partial charge >= 0.3 is 0 Å². The number of halogens is 1. The van der Waals surface area contributed by atoms with Crippen molar-refractivity contribution in [3.8, 4) is 0 Å². The second kappa shape index (κ2) is 5.57. The van der Waals surface area contributed by atoms with Crippen LogP contribution in [0.15, 0.2) is 5.38 Å². The lowest BCUT2D eigenvalue weighted by atomic mass is 10.2. The number of hydrogen-bond acceptors (Lipinski definition) is 4. The number of nitrogens with one attached hydrogen (secondary N) is 1. The molecule has 0 radical (unpaired) electrons. The number of aromatic nitrogens is 2. The third-order valence-electron chi connectivity index (χ3n) is 2.87. The summed E-state index contributed by atoms with van der Waals surface area (Å²) in [6.45, 7) is 7.01. The van der Waals surface area contributed by atoms with Gasteiger partial charge in [0, 0.05) is 36.1 Å². The molecule has 3 N–H and O–H groups in total. The molecule has 0 amide bonds. The van der Waals surface area contributed by atoms with Gasteiger partial charge in [0.15, 0.2) is 10.1 Å². The van der Waals surface area contributed by atoms with Crippen molar-refractivity contribution in [3.63, 3.8) is 0 Å². The van der Waals surface area contributed by atoms with Crippen molar-refractivity contribution < 1.29 is 0 Å². The van der Waals surface area contributed by atoms with E-state index in [4.69, 9.17) is 17.3 Å². The standard InChI is InChI=1S/C12H19ClN4S/c1-7(14)5-15-8(2)4-10-11(13)16-12-17(10)9(3)6-18-12/h6-8,15H,4-5,14H2,1-3H3. The molecule has 0 spiro atoms. The van der Waals surface area contributed by atoms with Gasteiger partial charge in [-0.2, -0.15) is 0 Å². The zero-order valence-corrected chi connectivity index (χ0v) is 12.5. The van der Waals surface area contributed by atoms with Gasteiger partial charge in [0.2, 0.25) is 0 Å². The number of hydrogen-bond donors (Lipinski definition) is 2. The third kappa shape index (κ3) is 2.85. The molecule has 100 valence electrons. The Balaban J connectivity index is 2.15. The lowest BCUT2D eigenvalue weighted by Crippen LogP contribution is -2.37. The molecule has 0 aliphatic heterocycles. The topological polar surface area (TPSA) is 55.3 Å². The summed E-state index contributed by atoms with van der Waals surface area (Å²) >= 11 is 7.83. The van der Waals surface area contributed by atoms with Crippen LogP contribution in [-0.2, 0) is 6.42 Å². The van der Waals surface area contributed by atoms with E-state index < -0.39 is 0 Å². The Morgan fingerprint density at radius 2 is 2.28 bits per heavy atom. The first-order chi connectivity index (χ1) is 8.49. The predicted octanol–water partition coefficient (Wildman–Crippen LogP) is 2.23. The quantitative estimate of drug-likeness (QED) is 0.886. The van der Waals surface area contributed by atoms with Crippen LogP contribution in [0.2, 0.25) is 5.15 Å². The van der Waals surface area contributed by atoms with E-state index in [2.05, 4.69) is 33.9 Å². The molecule has 0 saturated carbocycles. The van der Waals surface area contributed by atoms with Crippen LogP contribution in [0.5, 0.6) is 0 Å². The minimum Gasteiger partial charge on any atom is -0.327 e. The first-order valence-corrected chi connectivity index (χ1v) is 7.34. The minimum absolute atomic E-state index is 0.163. The van der Waals surface area contributed by atoms with Gasteiger partial charge in [-0.1, -0.05) is 11.6 Å².